The lowest BCUT2D eigenvalue weighted by Gasteiger charge is -2.37. The fourth-order valence-corrected chi connectivity index (χ4v) is 2.28. The second kappa shape index (κ2) is 4.61. The van der Waals surface area contributed by atoms with Crippen molar-refractivity contribution in [1.82, 2.24) is 0 Å². The third-order valence-electron chi connectivity index (χ3n) is 3.76. The molecule has 0 aromatic heterocycles. The molecule has 1 aliphatic carbocycles. The molecule has 1 fully saturated rings. The highest BCUT2D eigenvalue weighted by molar-refractivity contribution is 5.96. The first-order valence-electron chi connectivity index (χ1n) is 6.42. The molecule has 92 valence electrons. The first-order valence-corrected chi connectivity index (χ1v) is 6.42. The van der Waals surface area contributed by atoms with Crippen LogP contribution in [0.15, 0.2) is 24.3 Å². The number of nitrogens with two attached hydrogens (primary N) is 1. The van der Waals surface area contributed by atoms with Crippen molar-refractivity contribution in [2.24, 2.45) is 5.73 Å². The van der Waals surface area contributed by atoms with Gasteiger partial charge in [0.15, 0.2) is 5.78 Å². The van der Waals surface area contributed by atoms with Crippen molar-refractivity contribution in [3.05, 3.63) is 35.4 Å². The lowest BCUT2D eigenvalue weighted by molar-refractivity contribution is 0.0912. The molecule has 0 heterocycles. The van der Waals surface area contributed by atoms with Crippen LogP contribution in [-0.2, 0) is 0 Å². The molecule has 2 nitrogen and oxygen atoms in total. The van der Waals surface area contributed by atoms with E-state index in [1.54, 1.807) is 0 Å². The molecule has 2 N–H and O–H groups in total. The van der Waals surface area contributed by atoms with Crippen molar-refractivity contribution in [3.63, 3.8) is 0 Å². The minimum atomic E-state index is -0.214. The third kappa shape index (κ3) is 2.75. The molecule has 2 rings (SSSR count). The van der Waals surface area contributed by atoms with E-state index < -0.39 is 0 Å². The van der Waals surface area contributed by atoms with Gasteiger partial charge >= 0.3 is 0 Å². The minimum Gasteiger partial charge on any atom is -0.325 e. The maximum Gasteiger partial charge on any atom is 0.164 e. The van der Waals surface area contributed by atoms with Gasteiger partial charge in [-0.15, -0.1) is 0 Å². The zero-order valence-electron chi connectivity index (χ0n) is 10.7. The van der Waals surface area contributed by atoms with E-state index in [0.29, 0.717) is 12.3 Å². The zero-order valence-corrected chi connectivity index (χ0v) is 10.7. The average Bonchev–Trinajstić information content (AvgIpc) is 2.27. The Morgan fingerprint density at radius 3 is 2.29 bits per heavy atom. The van der Waals surface area contributed by atoms with Gasteiger partial charge in [0.1, 0.15) is 0 Å². The van der Waals surface area contributed by atoms with Crippen LogP contribution in [0.3, 0.4) is 0 Å². The molecule has 1 aromatic carbocycles. The number of benzene rings is 1. The van der Waals surface area contributed by atoms with Crippen LogP contribution in [0.1, 0.15) is 61.4 Å². The van der Waals surface area contributed by atoms with E-state index in [-0.39, 0.29) is 11.3 Å². The van der Waals surface area contributed by atoms with E-state index in [9.17, 15) is 4.79 Å². The summed E-state index contributed by atoms with van der Waals surface area (Å²) in [5.41, 5.74) is 7.95. The number of hydrogen-bond donors (Lipinski definition) is 1. The molecule has 0 atom stereocenters. The number of ketones is 1. The third-order valence-corrected chi connectivity index (χ3v) is 3.76. The summed E-state index contributed by atoms with van der Waals surface area (Å²) in [6, 6.07) is 7.95. The van der Waals surface area contributed by atoms with Crippen molar-refractivity contribution in [2.75, 3.05) is 0 Å². The zero-order chi connectivity index (χ0) is 12.5. The van der Waals surface area contributed by atoms with Crippen molar-refractivity contribution in [1.29, 1.82) is 0 Å². The lowest BCUT2D eigenvalue weighted by atomic mass is 9.74. The molecule has 0 radical (unpaired) electrons. The number of carbonyl (C=O) groups excluding carboxylic acids is 1. The second-order valence-corrected chi connectivity index (χ2v) is 5.59. The van der Waals surface area contributed by atoms with Crippen LogP contribution >= 0.6 is 0 Å². The number of hydrogen-bond acceptors (Lipinski definition) is 2. The molecule has 0 spiro atoms. The van der Waals surface area contributed by atoms with Gasteiger partial charge in [-0.1, -0.05) is 38.1 Å². The summed E-state index contributed by atoms with van der Waals surface area (Å²) in [4.78, 5) is 12.1. The Labute approximate surface area is 103 Å². The maximum atomic E-state index is 12.1. The molecule has 0 aliphatic heterocycles. The van der Waals surface area contributed by atoms with Crippen LogP contribution in [0.25, 0.3) is 0 Å². The van der Waals surface area contributed by atoms with E-state index in [1.165, 1.54) is 5.56 Å². The van der Waals surface area contributed by atoms with Gasteiger partial charge in [-0.2, -0.15) is 0 Å². The highest BCUT2D eigenvalue weighted by Gasteiger charge is 2.34. The van der Waals surface area contributed by atoms with Gasteiger partial charge in [0.25, 0.3) is 0 Å². The lowest BCUT2D eigenvalue weighted by Crippen LogP contribution is -2.48. The molecule has 0 amide bonds. The van der Waals surface area contributed by atoms with E-state index in [2.05, 4.69) is 13.8 Å². The topological polar surface area (TPSA) is 43.1 Å². The Bertz CT molecular complexity index is 401. The number of carbonyl (C=O) groups is 1. The van der Waals surface area contributed by atoms with Gasteiger partial charge in [-0.3, -0.25) is 4.79 Å². The van der Waals surface area contributed by atoms with Gasteiger partial charge < -0.3 is 5.73 Å². The highest BCUT2D eigenvalue weighted by atomic mass is 16.1. The molecule has 17 heavy (non-hydrogen) atoms. The van der Waals surface area contributed by atoms with Crippen molar-refractivity contribution in [2.45, 2.75) is 51.0 Å². The van der Waals surface area contributed by atoms with Crippen LogP contribution in [0.5, 0.6) is 0 Å². The Kier molecular flexibility index (Phi) is 3.34. The summed E-state index contributed by atoms with van der Waals surface area (Å²) in [6.07, 6.45) is 3.63. The van der Waals surface area contributed by atoms with E-state index in [0.717, 1.165) is 24.8 Å². The Balaban J connectivity index is 2.04. The standard InChI is InChI=1S/C15H21NO/c1-11(2)12-4-6-13(7-5-12)14(17)10-15(16)8-3-9-15/h4-7,11H,3,8-10,16H2,1-2H3. The molecule has 1 aromatic rings. The van der Waals surface area contributed by atoms with Gasteiger partial charge in [0.05, 0.1) is 0 Å². The maximum absolute atomic E-state index is 12.1. The van der Waals surface area contributed by atoms with Gasteiger partial charge in [-0.25, -0.2) is 0 Å². The van der Waals surface area contributed by atoms with Crippen molar-refractivity contribution >= 4 is 5.78 Å². The molecule has 1 saturated carbocycles. The van der Waals surface area contributed by atoms with Crippen LogP contribution < -0.4 is 5.73 Å². The Morgan fingerprint density at radius 1 is 1.29 bits per heavy atom. The summed E-state index contributed by atoms with van der Waals surface area (Å²) >= 11 is 0. The smallest absolute Gasteiger partial charge is 0.164 e. The van der Waals surface area contributed by atoms with Crippen LogP contribution in [0.2, 0.25) is 0 Å². The second-order valence-electron chi connectivity index (χ2n) is 5.59. The van der Waals surface area contributed by atoms with Crippen LogP contribution in [-0.4, -0.2) is 11.3 Å². The number of rotatable bonds is 4. The van der Waals surface area contributed by atoms with E-state index in [1.807, 2.05) is 24.3 Å². The Morgan fingerprint density at radius 2 is 1.88 bits per heavy atom. The SMILES string of the molecule is CC(C)c1ccc(C(=O)CC2(N)CCC2)cc1. The van der Waals surface area contributed by atoms with Crippen molar-refractivity contribution < 1.29 is 4.79 Å². The molecule has 0 saturated heterocycles. The predicted molar refractivity (Wildman–Crippen MR) is 70.2 cm³/mol. The molecular formula is C15H21NO. The summed E-state index contributed by atoms with van der Waals surface area (Å²) in [5, 5.41) is 0. The summed E-state index contributed by atoms with van der Waals surface area (Å²) in [7, 11) is 0. The van der Waals surface area contributed by atoms with Gasteiger partial charge in [0.2, 0.25) is 0 Å². The minimum absolute atomic E-state index is 0.183. The summed E-state index contributed by atoms with van der Waals surface area (Å²) < 4.78 is 0. The highest BCUT2D eigenvalue weighted by Crippen LogP contribution is 2.33. The largest absolute Gasteiger partial charge is 0.325 e. The van der Waals surface area contributed by atoms with Crippen LogP contribution in [0.4, 0.5) is 0 Å². The molecule has 0 unspecified atom stereocenters. The normalized spacial score (nSPS) is 17.9. The van der Waals surface area contributed by atoms with E-state index in [4.69, 9.17) is 5.73 Å². The summed E-state index contributed by atoms with van der Waals surface area (Å²) in [5.74, 6) is 0.689. The monoisotopic (exact) mass is 231 g/mol. The van der Waals surface area contributed by atoms with Gasteiger partial charge in [-0.05, 0) is 30.7 Å². The fourth-order valence-electron chi connectivity index (χ4n) is 2.28. The fraction of sp³-hybridized carbons (Fsp3) is 0.533. The predicted octanol–water partition coefficient (Wildman–Crippen LogP) is 3.26. The first kappa shape index (κ1) is 12.3. The molecule has 0 bridgehead atoms. The van der Waals surface area contributed by atoms with E-state index >= 15 is 0 Å². The summed E-state index contributed by atoms with van der Waals surface area (Å²) in [6.45, 7) is 4.31. The van der Waals surface area contributed by atoms with Crippen LogP contribution in [0, 0.1) is 0 Å². The number of Topliss-reactive ketones (excluding diaryl/α,β-unsaturated/α-hetero) is 1. The molecular weight excluding hydrogens is 210 g/mol. The quantitative estimate of drug-likeness (QED) is 0.808. The molecule has 2 heteroatoms. The first-order chi connectivity index (χ1) is 8.00. The Hall–Kier alpha value is -1.15. The van der Waals surface area contributed by atoms with Crippen molar-refractivity contribution in [3.8, 4) is 0 Å². The van der Waals surface area contributed by atoms with Gasteiger partial charge in [0, 0.05) is 17.5 Å². The average molecular weight is 231 g/mol. The molecule has 1 aliphatic rings.